The molecule has 4 rings (SSSR count). The lowest BCUT2D eigenvalue weighted by Gasteiger charge is -2.32. The number of benzene rings is 3. The highest BCUT2D eigenvalue weighted by atomic mass is 16.6. The maximum absolute atomic E-state index is 6.40. The first-order chi connectivity index (χ1) is 10.9. The van der Waals surface area contributed by atoms with E-state index >= 15 is 0 Å². The number of para-hydroxylation sites is 1. The van der Waals surface area contributed by atoms with Crippen LogP contribution in [-0.4, -0.2) is 12.8 Å². The van der Waals surface area contributed by atoms with Gasteiger partial charge in [0.25, 0.3) is 0 Å². The predicted molar refractivity (Wildman–Crippen MR) is 90.4 cm³/mol. The number of hydrogen-bond donors (Lipinski definition) is 0. The molecule has 2 nitrogen and oxygen atoms in total. The molecular weight excluding hydrogens is 271 g/mol. The highest BCUT2D eigenvalue weighted by molar-refractivity contribution is 6.91. The molecule has 0 radical (unpaired) electrons. The van der Waals surface area contributed by atoms with Gasteiger partial charge >= 0.3 is 6.55 Å². The van der Waals surface area contributed by atoms with Crippen molar-refractivity contribution in [1.29, 1.82) is 0 Å². The van der Waals surface area contributed by atoms with Gasteiger partial charge in [0.2, 0.25) is 6.29 Å². The van der Waals surface area contributed by atoms with Crippen molar-refractivity contribution < 1.29 is 9.00 Å². The molecule has 1 aliphatic heterocycles. The molecule has 0 aromatic heterocycles. The fraction of sp³-hybridized carbons (Fsp3) is 0. The molecule has 0 N–H and O–H groups in total. The van der Waals surface area contributed by atoms with Gasteiger partial charge in [-0.2, -0.15) is 0 Å². The average Bonchev–Trinajstić information content (AvgIpc) is 2.63. The SMILES string of the molecule is C1=[O+][B-](c2ccccc2)(c2ccccc2)Oc2ccccc21. The van der Waals surface area contributed by atoms with Crippen LogP contribution in [0.1, 0.15) is 9.91 Å². The molecule has 106 valence electrons. The predicted octanol–water partition coefficient (Wildman–Crippen LogP) is 2.68. The lowest BCUT2D eigenvalue weighted by Crippen LogP contribution is -2.63. The number of aldehydes is 1. The molecule has 3 aromatic carbocycles. The largest absolute Gasteiger partial charge is 0.649 e. The zero-order chi connectivity index (χ0) is 14.8. The summed E-state index contributed by atoms with van der Waals surface area (Å²) in [5, 5.41) is 0. The van der Waals surface area contributed by atoms with E-state index in [9.17, 15) is 0 Å². The molecule has 0 unspecified atom stereocenters. The van der Waals surface area contributed by atoms with Crippen molar-refractivity contribution in [1.82, 2.24) is 0 Å². The van der Waals surface area contributed by atoms with Gasteiger partial charge in [0.15, 0.2) is 0 Å². The van der Waals surface area contributed by atoms with E-state index < -0.39 is 6.55 Å². The van der Waals surface area contributed by atoms with Crippen LogP contribution in [0.25, 0.3) is 0 Å². The van der Waals surface area contributed by atoms with Crippen molar-refractivity contribution >= 4 is 23.8 Å². The van der Waals surface area contributed by atoms with Gasteiger partial charge in [-0.3, -0.25) is 0 Å². The molecular formula is C19H15BO2. The fourth-order valence-electron chi connectivity index (χ4n) is 2.96. The standard InChI is InChI=1S/C19H15BO2/c1-3-10-17(11-4-1)20(18-12-5-2-6-13-18)21-15-16-9-7-8-14-19(16)22-20/h1-15H. The van der Waals surface area contributed by atoms with E-state index in [0.717, 1.165) is 22.2 Å². The van der Waals surface area contributed by atoms with Gasteiger partial charge < -0.3 is 9.00 Å². The Balaban J connectivity index is 1.93. The molecule has 22 heavy (non-hydrogen) atoms. The molecule has 0 saturated heterocycles. The molecule has 0 fully saturated rings. The van der Waals surface area contributed by atoms with Crippen LogP contribution in [0, 0.1) is 0 Å². The third-order valence-electron chi connectivity index (χ3n) is 4.08. The van der Waals surface area contributed by atoms with Crippen LogP contribution in [-0.2, 0) is 0 Å². The van der Waals surface area contributed by atoms with Crippen molar-refractivity contribution in [2.45, 2.75) is 0 Å². The van der Waals surface area contributed by atoms with E-state index in [4.69, 9.17) is 9.00 Å². The Kier molecular flexibility index (Phi) is 3.04. The number of fused-ring (bicyclic) bond motifs is 1. The van der Waals surface area contributed by atoms with E-state index in [2.05, 4.69) is 24.3 Å². The molecule has 0 atom stereocenters. The van der Waals surface area contributed by atoms with E-state index in [1.54, 1.807) is 6.29 Å². The van der Waals surface area contributed by atoms with Crippen LogP contribution in [0.3, 0.4) is 0 Å². The first-order valence-corrected chi connectivity index (χ1v) is 7.43. The maximum atomic E-state index is 6.40. The fourth-order valence-corrected chi connectivity index (χ4v) is 2.96. The Morgan fingerprint density at radius 3 is 1.82 bits per heavy atom. The van der Waals surface area contributed by atoms with Crippen molar-refractivity contribution in [2.75, 3.05) is 0 Å². The van der Waals surface area contributed by atoms with Crippen LogP contribution in [0.15, 0.2) is 84.9 Å². The second kappa shape index (κ2) is 5.19. The summed E-state index contributed by atoms with van der Waals surface area (Å²) in [5.41, 5.74) is 3.02. The monoisotopic (exact) mass is 286 g/mol. The van der Waals surface area contributed by atoms with E-state index in [1.807, 2.05) is 60.7 Å². The van der Waals surface area contributed by atoms with E-state index in [-0.39, 0.29) is 0 Å². The van der Waals surface area contributed by atoms with Gasteiger partial charge in [-0.1, -0.05) is 72.8 Å². The highest BCUT2D eigenvalue weighted by Gasteiger charge is 2.49. The second-order valence-corrected chi connectivity index (χ2v) is 5.44. The lowest BCUT2D eigenvalue weighted by atomic mass is 9.46. The summed E-state index contributed by atoms with van der Waals surface area (Å²) in [6, 6.07) is 28.2. The topological polar surface area (TPSA) is 20.5 Å². The Labute approximate surface area is 129 Å². The zero-order valence-corrected chi connectivity index (χ0v) is 12.1. The Morgan fingerprint density at radius 2 is 1.18 bits per heavy atom. The minimum absolute atomic E-state index is 0.849. The van der Waals surface area contributed by atoms with Crippen molar-refractivity contribution in [3.63, 3.8) is 0 Å². The number of rotatable bonds is 2. The van der Waals surface area contributed by atoms with Crippen molar-refractivity contribution in [3.8, 4) is 5.75 Å². The van der Waals surface area contributed by atoms with Crippen LogP contribution in [0.5, 0.6) is 5.75 Å². The van der Waals surface area contributed by atoms with Crippen molar-refractivity contribution in [2.24, 2.45) is 0 Å². The number of carbonyl (C=O) groups excluding carboxylic acids is 1. The Morgan fingerprint density at radius 1 is 0.636 bits per heavy atom. The Hall–Kier alpha value is -2.81. The van der Waals surface area contributed by atoms with Crippen LogP contribution in [0.4, 0.5) is 0 Å². The van der Waals surface area contributed by atoms with Crippen LogP contribution in [0.2, 0.25) is 0 Å². The highest BCUT2D eigenvalue weighted by Crippen LogP contribution is 2.24. The summed E-state index contributed by atoms with van der Waals surface area (Å²) < 4.78 is 12.6. The van der Waals surface area contributed by atoms with Gasteiger partial charge in [0.05, 0.1) is 5.75 Å². The molecule has 0 bridgehead atoms. The maximum Gasteiger partial charge on any atom is 0.649 e. The summed E-state index contributed by atoms with van der Waals surface area (Å²) in [7, 11) is 0. The first kappa shape index (κ1) is 12.9. The summed E-state index contributed by atoms with van der Waals surface area (Å²) in [4.78, 5) is 0. The third kappa shape index (κ3) is 2.02. The van der Waals surface area contributed by atoms with Gasteiger partial charge in [0, 0.05) is 0 Å². The average molecular weight is 286 g/mol. The number of hydrogen-bond acceptors (Lipinski definition) is 1. The lowest BCUT2D eigenvalue weighted by molar-refractivity contribution is -0.116. The quantitative estimate of drug-likeness (QED) is 0.403. The summed E-state index contributed by atoms with van der Waals surface area (Å²) >= 11 is 0. The normalized spacial score (nSPS) is 14.9. The van der Waals surface area contributed by atoms with Gasteiger partial charge in [-0.05, 0) is 23.1 Å². The molecule has 3 heteroatoms. The molecule has 0 saturated carbocycles. The van der Waals surface area contributed by atoms with Gasteiger partial charge in [0.1, 0.15) is 5.56 Å². The smallest absolute Gasteiger partial charge is 0.625 e. The molecule has 3 aromatic rings. The van der Waals surface area contributed by atoms with Crippen molar-refractivity contribution in [3.05, 3.63) is 90.5 Å². The van der Waals surface area contributed by atoms with Gasteiger partial charge in [-0.25, -0.2) is 0 Å². The molecule has 1 heterocycles. The molecule has 0 aliphatic carbocycles. The molecule has 0 spiro atoms. The summed E-state index contributed by atoms with van der Waals surface area (Å²) in [6.07, 6.45) is 1.80. The molecule has 1 aliphatic rings. The summed E-state index contributed by atoms with van der Waals surface area (Å²) in [5.74, 6) is 0.849. The molecule has 0 amide bonds. The van der Waals surface area contributed by atoms with Gasteiger partial charge in [-0.15, -0.1) is 0 Å². The van der Waals surface area contributed by atoms with Crippen LogP contribution >= 0.6 is 0 Å². The van der Waals surface area contributed by atoms with E-state index in [1.165, 1.54) is 0 Å². The zero-order valence-electron chi connectivity index (χ0n) is 12.1. The second-order valence-electron chi connectivity index (χ2n) is 5.44. The van der Waals surface area contributed by atoms with Crippen LogP contribution < -0.4 is 15.6 Å². The summed E-state index contributed by atoms with van der Waals surface area (Å²) in [6.45, 7) is -1.75. The minimum atomic E-state index is -1.75. The Bertz CT molecular complexity index is 774. The first-order valence-electron chi connectivity index (χ1n) is 7.43. The minimum Gasteiger partial charge on any atom is -0.625 e. The van der Waals surface area contributed by atoms with E-state index in [0.29, 0.717) is 0 Å². The third-order valence-corrected chi connectivity index (χ3v) is 4.08.